The van der Waals surface area contributed by atoms with E-state index in [9.17, 15) is 5.11 Å². The molecule has 7 heteroatoms. The average molecular weight is 284 g/mol. The third-order valence-electron chi connectivity index (χ3n) is 3.15. The summed E-state index contributed by atoms with van der Waals surface area (Å²) >= 11 is 0. The van der Waals surface area contributed by atoms with Crippen molar-refractivity contribution in [2.45, 2.75) is 25.6 Å². The molecule has 0 radical (unpaired) electrons. The molecule has 3 aromatic heterocycles. The number of hydrogen-bond acceptors (Lipinski definition) is 5. The highest BCUT2D eigenvalue weighted by molar-refractivity contribution is 5.56. The van der Waals surface area contributed by atoms with Gasteiger partial charge >= 0.3 is 0 Å². The van der Waals surface area contributed by atoms with Gasteiger partial charge in [0, 0.05) is 24.5 Å². The first-order chi connectivity index (χ1) is 10.3. The summed E-state index contributed by atoms with van der Waals surface area (Å²) in [6.07, 6.45) is 8.65. The van der Waals surface area contributed by atoms with Crippen molar-refractivity contribution in [1.82, 2.24) is 29.5 Å². The van der Waals surface area contributed by atoms with E-state index in [1.54, 1.807) is 23.4 Å². The molecule has 0 amide bonds. The average Bonchev–Trinajstić information content (AvgIpc) is 3.17. The molecule has 0 saturated carbocycles. The van der Waals surface area contributed by atoms with Gasteiger partial charge in [-0.25, -0.2) is 4.98 Å². The third-order valence-corrected chi connectivity index (χ3v) is 3.15. The van der Waals surface area contributed by atoms with E-state index in [-0.39, 0.29) is 0 Å². The van der Waals surface area contributed by atoms with Crippen molar-refractivity contribution in [2.24, 2.45) is 0 Å². The smallest absolute Gasteiger partial charge is 0.137 e. The lowest BCUT2D eigenvalue weighted by Gasteiger charge is -2.09. The van der Waals surface area contributed by atoms with Crippen LogP contribution in [-0.2, 0) is 13.1 Å². The lowest BCUT2D eigenvalue weighted by Crippen LogP contribution is -2.18. The Kier molecular flexibility index (Phi) is 4.02. The summed E-state index contributed by atoms with van der Waals surface area (Å²) in [4.78, 5) is 8.13. The summed E-state index contributed by atoms with van der Waals surface area (Å²) in [6.45, 7) is 1.08. The van der Waals surface area contributed by atoms with Crippen molar-refractivity contribution < 1.29 is 5.11 Å². The largest absolute Gasteiger partial charge is 0.391 e. The van der Waals surface area contributed by atoms with Gasteiger partial charge in [-0.2, -0.15) is 10.2 Å². The summed E-state index contributed by atoms with van der Waals surface area (Å²) in [5.41, 5.74) is 1.87. The highest BCUT2D eigenvalue weighted by Gasteiger charge is 2.08. The van der Waals surface area contributed by atoms with Crippen LogP contribution >= 0.6 is 0 Å². The second-order valence-electron chi connectivity index (χ2n) is 4.77. The summed E-state index contributed by atoms with van der Waals surface area (Å²) in [6, 6.07) is 5.77. The maximum atomic E-state index is 9.96. The lowest BCUT2D eigenvalue weighted by atomic mass is 10.2. The number of nitrogens with zero attached hydrogens (tertiary/aromatic N) is 6. The molecular formula is C14H16N6O. The van der Waals surface area contributed by atoms with E-state index in [0.29, 0.717) is 19.5 Å². The maximum Gasteiger partial charge on any atom is 0.137 e. The molecule has 3 aromatic rings. The SMILES string of the molecule is OC(CCn1cc(-c2ccccn2)cn1)Cn1cncn1. The molecule has 0 aliphatic rings. The fourth-order valence-corrected chi connectivity index (χ4v) is 2.07. The Labute approximate surface area is 121 Å². The zero-order valence-corrected chi connectivity index (χ0v) is 11.4. The van der Waals surface area contributed by atoms with Crippen molar-refractivity contribution in [3.63, 3.8) is 0 Å². The highest BCUT2D eigenvalue weighted by Crippen LogP contribution is 2.15. The van der Waals surface area contributed by atoms with Gasteiger partial charge in [0.2, 0.25) is 0 Å². The fourth-order valence-electron chi connectivity index (χ4n) is 2.07. The molecule has 108 valence electrons. The predicted molar refractivity (Wildman–Crippen MR) is 76.1 cm³/mol. The lowest BCUT2D eigenvalue weighted by molar-refractivity contribution is 0.133. The van der Waals surface area contributed by atoms with Crippen molar-refractivity contribution >= 4 is 0 Å². The fraction of sp³-hybridized carbons (Fsp3) is 0.286. The van der Waals surface area contributed by atoms with E-state index in [4.69, 9.17) is 0 Å². The molecule has 0 aliphatic carbocycles. The topological polar surface area (TPSA) is 81.6 Å². The Morgan fingerprint density at radius 1 is 1.19 bits per heavy atom. The Morgan fingerprint density at radius 2 is 2.14 bits per heavy atom. The van der Waals surface area contributed by atoms with Gasteiger partial charge < -0.3 is 5.11 Å². The Hall–Kier alpha value is -2.54. The number of hydrogen-bond donors (Lipinski definition) is 1. The van der Waals surface area contributed by atoms with Crippen LogP contribution in [0, 0.1) is 0 Å². The van der Waals surface area contributed by atoms with Crippen LogP contribution in [0.4, 0.5) is 0 Å². The normalized spacial score (nSPS) is 12.4. The van der Waals surface area contributed by atoms with Gasteiger partial charge in [-0.1, -0.05) is 6.07 Å². The molecule has 0 fully saturated rings. The van der Waals surface area contributed by atoms with Crippen molar-refractivity contribution in [1.29, 1.82) is 0 Å². The minimum absolute atomic E-state index is 0.439. The summed E-state index contributed by atoms with van der Waals surface area (Å²) in [5, 5.41) is 18.2. The van der Waals surface area contributed by atoms with E-state index >= 15 is 0 Å². The molecule has 0 saturated heterocycles. The predicted octanol–water partition coefficient (Wildman–Crippen LogP) is 0.988. The molecule has 1 N–H and O–H groups in total. The van der Waals surface area contributed by atoms with Crippen LogP contribution < -0.4 is 0 Å². The first-order valence-corrected chi connectivity index (χ1v) is 6.75. The molecule has 1 unspecified atom stereocenters. The molecule has 0 aliphatic heterocycles. The van der Waals surface area contributed by atoms with E-state index in [1.807, 2.05) is 29.1 Å². The Bertz CT molecular complexity index is 664. The van der Waals surface area contributed by atoms with Gasteiger partial charge in [-0.15, -0.1) is 0 Å². The first-order valence-electron chi connectivity index (χ1n) is 6.75. The van der Waals surface area contributed by atoms with Gasteiger partial charge in [0.15, 0.2) is 0 Å². The van der Waals surface area contributed by atoms with Crippen molar-refractivity contribution in [3.8, 4) is 11.3 Å². The van der Waals surface area contributed by atoms with Crippen LogP contribution in [0.25, 0.3) is 11.3 Å². The molecule has 0 bridgehead atoms. The zero-order chi connectivity index (χ0) is 14.5. The molecule has 3 heterocycles. The summed E-state index contributed by atoms with van der Waals surface area (Å²) in [5.74, 6) is 0. The van der Waals surface area contributed by atoms with E-state index in [1.165, 1.54) is 6.33 Å². The van der Waals surface area contributed by atoms with Crippen LogP contribution in [-0.4, -0.2) is 40.7 Å². The van der Waals surface area contributed by atoms with Crippen LogP contribution in [0.3, 0.4) is 0 Å². The van der Waals surface area contributed by atoms with Gasteiger partial charge in [0.1, 0.15) is 12.7 Å². The first kappa shape index (κ1) is 13.4. The molecule has 3 rings (SSSR count). The maximum absolute atomic E-state index is 9.96. The van der Waals surface area contributed by atoms with E-state index in [0.717, 1.165) is 11.3 Å². The van der Waals surface area contributed by atoms with Gasteiger partial charge in [-0.3, -0.25) is 14.3 Å². The number of aliphatic hydroxyl groups excluding tert-OH is 1. The summed E-state index contributed by atoms with van der Waals surface area (Å²) < 4.78 is 3.43. The second kappa shape index (κ2) is 6.27. The zero-order valence-electron chi connectivity index (χ0n) is 11.4. The van der Waals surface area contributed by atoms with Gasteiger partial charge in [0.05, 0.1) is 24.5 Å². The van der Waals surface area contributed by atoms with Gasteiger partial charge in [0.25, 0.3) is 0 Å². The van der Waals surface area contributed by atoms with Crippen LogP contribution in [0.5, 0.6) is 0 Å². The van der Waals surface area contributed by atoms with Crippen molar-refractivity contribution in [2.75, 3.05) is 0 Å². The number of aryl methyl sites for hydroxylation is 1. The molecule has 0 aromatic carbocycles. The Balaban J connectivity index is 1.55. The quantitative estimate of drug-likeness (QED) is 0.730. The van der Waals surface area contributed by atoms with Crippen LogP contribution in [0.15, 0.2) is 49.4 Å². The van der Waals surface area contributed by atoms with Crippen LogP contribution in [0.2, 0.25) is 0 Å². The van der Waals surface area contributed by atoms with Crippen molar-refractivity contribution in [3.05, 3.63) is 49.4 Å². The number of aromatic nitrogens is 6. The monoisotopic (exact) mass is 284 g/mol. The molecule has 1 atom stereocenters. The van der Waals surface area contributed by atoms with E-state index in [2.05, 4.69) is 20.2 Å². The molecule has 21 heavy (non-hydrogen) atoms. The number of pyridine rings is 1. The second-order valence-corrected chi connectivity index (χ2v) is 4.77. The highest BCUT2D eigenvalue weighted by atomic mass is 16.3. The van der Waals surface area contributed by atoms with Crippen LogP contribution in [0.1, 0.15) is 6.42 Å². The Morgan fingerprint density at radius 3 is 2.90 bits per heavy atom. The number of rotatable bonds is 6. The minimum atomic E-state index is -0.478. The third kappa shape index (κ3) is 3.51. The molecular weight excluding hydrogens is 268 g/mol. The standard InChI is InChI=1S/C14H16N6O/c21-13(9-20-11-15-10-18-20)4-6-19-8-12(7-17-19)14-3-1-2-5-16-14/h1-3,5,7-8,10-11,13,21H,4,6,9H2. The number of aliphatic hydroxyl groups is 1. The minimum Gasteiger partial charge on any atom is -0.391 e. The summed E-state index contributed by atoms with van der Waals surface area (Å²) in [7, 11) is 0. The molecule has 0 spiro atoms. The van der Waals surface area contributed by atoms with Gasteiger partial charge in [-0.05, 0) is 18.6 Å². The van der Waals surface area contributed by atoms with E-state index < -0.39 is 6.10 Å². The molecule has 7 nitrogen and oxygen atoms in total.